The minimum Gasteiger partial charge on any atom is -0.370 e. The molecule has 0 bridgehead atoms. The number of hydrogen-bond donors (Lipinski definition) is 7. The van der Waals surface area contributed by atoms with Gasteiger partial charge in [-0.05, 0) is 61.1 Å². The van der Waals surface area contributed by atoms with Crippen LogP contribution in [-0.4, -0.2) is 81.3 Å². The molecule has 1 aromatic heterocycles. The van der Waals surface area contributed by atoms with Gasteiger partial charge in [0.05, 0.1) is 23.9 Å². The van der Waals surface area contributed by atoms with Crippen molar-refractivity contribution in [3.8, 4) is 0 Å². The number of halogens is 1. The minimum absolute atomic E-state index is 0.0417. The molecule has 2 aromatic carbocycles. The van der Waals surface area contributed by atoms with Crippen LogP contribution < -0.4 is 37.7 Å². The molecule has 16 nitrogen and oxygen atoms in total. The predicted molar refractivity (Wildman–Crippen MR) is 201 cm³/mol. The Bertz CT molecular complexity index is 1840. The molecule has 53 heavy (non-hydrogen) atoms. The van der Waals surface area contributed by atoms with Crippen molar-refractivity contribution < 1.29 is 24.0 Å². The highest BCUT2D eigenvalue weighted by Crippen LogP contribution is 2.25. The Balaban J connectivity index is 1.67. The van der Waals surface area contributed by atoms with Crippen LogP contribution in [0.2, 0.25) is 5.02 Å². The van der Waals surface area contributed by atoms with Crippen molar-refractivity contribution >= 4 is 64.6 Å². The molecule has 1 fully saturated rings. The Morgan fingerprint density at radius 3 is 2.42 bits per heavy atom. The maximum absolute atomic E-state index is 14.8. The molecule has 280 valence electrons. The third-order valence-corrected chi connectivity index (χ3v) is 8.81. The standard InChI is InChI=1S/C36H44ClN11O5/c1-23(38)33(51)42-29(17-10-20-41-36(39)40)34(52)44-32(27(22-49)24-11-4-2-5-12-24)35(53)48(26-14-6-3-7-15-26)47-21-30(45-46-47)43-31(50)19-18-25-13-8-9-16-28(25)37/h2,4-5,8-9,11-13,16,18-19,21,23,26,29,32H,3,6-7,10,14-15,17,20,38H2,1H3,(H,42,51)(H,43,50)(H,44,52)(H4,39,40,41)/t23-,29-,32-/m0/s1. The first-order chi connectivity index (χ1) is 25.5. The molecular formula is C36H44ClN11O5. The molecule has 1 aliphatic carbocycles. The zero-order valence-electron chi connectivity index (χ0n) is 29.3. The summed E-state index contributed by atoms with van der Waals surface area (Å²) >= 11 is 6.19. The lowest BCUT2D eigenvalue weighted by molar-refractivity contribution is -0.131. The molecule has 9 N–H and O–H groups in total. The summed E-state index contributed by atoms with van der Waals surface area (Å²) in [6.07, 6.45) is 8.36. The van der Waals surface area contributed by atoms with Gasteiger partial charge >= 0.3 is 0 Å². The number of nitrogens with one attached hydrogen (secondary N) is 5. The lowest BCUT2D eigenvalue weighted by Crippen LogP contribution is -2.60. The second-order valence-corrected chi connectivity index (χ2v) is 12.9. The van der Waals surface area contributed by atoms with Gasteiger partial charge in [0.2, 0.25) is 17.7 Å². The Morgan fingerprint density at radius 1 is 1.06 bits per heavy atom. The van der Waals surface area contributed by atoms with Crippen LogP contribution in [0.25, 0.3) is 11.6 Å². The van der Waals surface area contributed by atoms with E-state index in [-0.39, 0.29) is 30.3 Å². The summed E-state index contributed by atoms with van der Waals surface area (Å²) < 4.78 is 0. The highest BCUT2D eigenvalue weighted by Gasteiger charge is 2.38. The second-order valence-electron chi connectivity index (χ2n) is 12.5. The zero-order chi connectivity index (χ0) is 38.3. The van der Waals surface area contributed by atoms with Crippen molar-refractivity contribution in [2.24, 2.45) is 11.5 Å². The third-order valence-electron chi connectivity index (χ3n) is 8.47. The monoisotopic (exact) mass is 745 g/mol. The van der Waals surface area contributed by atoms with Crippen molar-refractivity contribution in [3.05, 3.63) is 83.0 Å². The lowest BCUT2D eigenvalue weighted by Gasteiger charge is -2.36. The summed E-state index contributed by atoms with van der Waals surface area (Å²) in [5, 5.41) is 28.0. The van der Waals surface area contributed by atoms with Crippen LogP contribution in [0.4, 0.5) is 5.82 Å². The Morgan fingerprint density at radius 2 is 1.75 bits per heavy atom. The summed E-state index contributed by atoms with van der Waals surface area (Å²) in [4.78, 5) is 68.1. The predicted octanol–water partition coefficient (Wildman–Crippen LogP) is 1.88. The highest BCUT2D eigenvalue weighted by molar-refractivity contribution is 6.32. The zero-order valence-corrected chi connectivity index (χ0v) is 30.0. The maximum Gasteiger partial charge on any atom is 0.270 e. The first-order valence-corrected chi connectivity index (χ1v) is 17.6. The third kappa shape index (κ3) is 11.6. The molecule has 0 aliphatic heterocycles. The number of nitrogens with zero attached hydrogens (tertiary/aromatic N) is 4. The van der Waals surface area contributed by atoms with Gasteiger partial charge in [-0.3, -0.25) is 24.6 Å². The molecule has 0 saturated heterocycles. The molecule has 3 atom stereocenters. The van der Waals surface area contributed by atoms with E-state index in [0.717, 1.165) is 19.3 Å². The summed E-state index contributed by atoms with van der Waals surface area (Å²) in [5.74, 6) is -0.953. The van der Waals surface area contributed by atoms with E-state index < -0.39 is 47.8 Å². The fourth-order valence-corrected chi connectivity index (χ4v) is 5.97. The largest absolute Gasteiger partial charge is 0.370 e. The summed E-state index contributed by atoms with van der Waals surface area (Å²) in [7, 11) is 0. The number of amides is 4. The fraction of sp³-hybridized carbons (Fsp3) is 0.361. The van der Waals surface area contributed by atoms with Crippen LogP contribution in [0.3, 0.4) is 0 Å². The molecular weight excluding hydrogens is 702 g/mol. The molecule has 17 heteroatoms. The van der Waals surface area contributed by atoms with E-state index in [4.69, 9.17) is 28.5 Å². The molecule has 1 aliphatic rings. The number of anilines is 1. The van der Waals surface area contributed by atoms with Gasteiger partial charge in [-0.15, -0.1) is 5.10 Å². The van der Waals surface area contributed by atoms with E-state index in [1.807, 2.05) is 5.94 Å². The first kappa shape index (κ1) is 39.9. The number of hydrogen-bond acceptors (Lipinski definition) is 9. The average molecular weight is 746 g/mol. The normalized spacial score (nSPS) is 14.6. The van der Waals surface area contributed by atoms with E-state index in [2.05, 4.69) is 31.6 Å². The summed E-state index contributed by atoms with van der Waals surface area (Å²) in [6, 6.07) is 11.2. The van der Waals surface area contributed by atoms with E-state index in [1.165, 1.54) is 29.0 Å². The van der Waals surface area contributed by atoms with Gasteiger partial charge in [0.15, 0.2) is 11.8 Å². The number of carbonyl (C=O) groups is 4. The first-order valence-electron chi connectivity index (χ1n) is 17.2. The van der Waals surface area contributed by atoms with E-state index in [9.17, 15) is 24.0 Å². The molecule has 0 radical (unpaired) electrons. The lowest BCUT2D eigenvalue weighted by atomic mass is 9.93. The van der Waals surface area contributed by atoms with Crippen molar-refractivity contribution in [2.45, 2.75) is 76.0 Å². The van der Waals surface area contributed by atoms with Gasteiger partial charge in [-0.1, -0.05) is 79.4 Å². The Kier molecular flexibility index (Phi) is 14.8. The molecule has 0 spiro atoms. The minimum atomic E-state index is -1.59. The molecule has 0 unspecified atom stereocenters. The molecule has 3 aromatic rings. The topological polar surface area (TPSA) is 243 Å². The van der Waals surface area contributed by atoms with Crippen molar-refractivity contribution in [1.29, 1.82) is 5.41 Å². The van der Waals surface area contributed by atoms with Crippen LogP contribution in [0.5, 0.6) is 0 Å². The van der Waals surface area contributed by atoms with E-state index in [0.29, 0.717) is 35.4 Å². The SMILES string of the molecule is C[C@H](N)C(=O)N[C@@H](CCCNC(=N)N)C(=O)N[C@H](C(=O)N(C1CCCCC1)n1cc(NC(=O)C=Cc2ccccc2Cl)nn1)C(=C=O)c1ccccc1. The van der Waals surface area contributed by atoms with Gasteiger partial charge < -0.3 is 32.7 Å². The Labute approximate surface area is 311 Å². The number of nitrogens with two attached hydrogens (primary N) is 2. The van der Waals surface area contributed by atoms with Crippen LogP contribution in [0.1, 0.15) is 63.0 Å². The van der Waals surface area contributed by atoms with Crippen LogP contribution in [0, 0.1) is 5.41 Å². The number of aromatic nitrogens is 3. The average Bonchev–Trinajstić information content (AvgIpc) is 3.60. The molecule has 4 amide bonds. The summed E-state index contributed by atoms with van der Waals surface area (Å²) in [6.45, 7) is 1.69. The molecule has 1 heterocycles. The van der Waals surface area contributed by atoms with Crippen molar-refractivity contribution in [3.63, 3.8) is 0 Å². The highest BCUT2D eigenvalue weighted by atomic mass is 35.5. The maximum atomic E-state index is 14.8. The van der Waals surface area contributed by atoms with E-state index in [1.54, 1.807) is 60.7 Å². The Hall–Kier alpha value is -5.83. The number of benzene rings is 2. The smallest absolute Gasteiger partial charge is 0.270 e. The summed E-state index contributed by atoms with van der Waals surface area (Å²) in [5.41, 5.74) is 12.0. The number of rotatable bonds is 16. The van der Waals surface area contributed by atoms with Gasteiger partial charge in [0.1, 0.15) is 18.0 Å². The van der Waals surface area contributed by atoms with Gasteiger partial charge in [0, 0.05) is 17.6 Å². The van der Waals surface area contributed by atoms with E-state index >= 15 is 0 Å². The second kappa shape index (κ2) is 19.7. The fourth-order valence-electron chi connectivity index (χ4n) is 5.77. The molecule has 4 rings (SSSR count). The quantitative estimate of drug-likeness (QED) is 0.0369. The van der Waals surface area contributed by atoms with Gasteiger partial charge in [0.25, 0.3) is 5.91 Å². The number of guanidine groups is 1. The van der Waals surface area contributed by atoms with Crippen molar-refractivity contribution in [2.75, 3.05) is 16.9 Å². The van der Waals surface area contributed by atoms with Gasteiger partial charge in [-0.2, -0.15) is 4.79 Å². The van der Waals surface area contributed by atoms with Crippen molar-refractivity contribution in [1.82, 2.24) is 31.1 Å². The van der Waals surface area contributed by atoms with Crippen LogP contribution in [0.15, 0.2) is 66.9 Å². The van der Waals surface area contributed by atoms with Crippen LogP contribution in [-0.2, 0) is 24.0 Å². The number of carbonyl (C=O) groups excluding carboxylic acids is 5. The molecule has 1 saturated carbocycles. The van der Waals surface area contributed by atoms with Crippen LogP contribution >= 0.6 is 11.6 Å². The van der Waals surface area contributed by atoms with Gasteiger partial charge in [-0.25, -0.2) is 9.80 Å².